The van der Waals surface area contributed by atoms with E-state index < -0.39 is 5.82 Å². The second-order valence-electron chi connectivity index (χ2n) is 8.44. The van der Waals surface area contributed by atoms with Crippen LogP contribution in [-0.2, 0) is 0 Å². The van der Waals surface area contributed by atoms with E-state index in [-0.39, 0.29) is 16.8 Å². The molecule has 1 aromatic carbocycles. The molecule has 0 bridgehead atoms. The van der Waals surface area contributed by atoms with Crippen LogP contribution >= 0.6 is 0 Å². The maximum atomic E-state index is 13.1. The smallest absolute Gasteiger partial charge is 0.127 e. The summed E-state index contributed by atoms with van der Waals surface area (Å²) in [7, 11) is 1.98. The van der Waals surface area contributed by atoms with Crippen LogP contribution < -0.4 is 16.8 Å². The second-order valence-corrected chi connectivity index (χ2v) is 8.44. The number of hydrogen-bond acceptors (Lipinski definition) is 5. The molecular weight excluding hydrogens is 331 g/mol. The average Bonchev–Trinajstić information content (AvgIpc) is 2.48. The highest BCUT2D eigenvalue weighted by Gasteiger charge is 2.39. The SMILES string of the molecule is CN(/C(N)=C/C=C(\N)c1ccc(F)cc1O)C1CC(C)(C)NC(C)(C)C1. The van der Waals surface area contributed by atoms with Crippen molar-refractivity contribution in [3.05, 3.63) is 47.6 Å². The zero-order chi connectivity index (χ0) is 19.7. The minimum Gasteiger partial charge on any atom is -0.507 e. The molecule has 0 aromatic heterocycles. The number of phenolic OH excluding ortho intramolecular Hbond substituents is 1. The minimum absolute atomic E-state index is 0.0235. The molecule has 6 N–H and O–H groups in total. The van der Waals surface area contributed by atoms with Crippen LogP contribution in [0.15, 0.2) is 36.2 Å². The van der Waals surface area contributed by atoms with Crippen molar-refractivity contribution in [3.8, 4) is 5.75 Å². The zero-order valence-electron chi connectivity index (χ0n) is 16.3. The normalized spacial score (nSPS) is 20.8. The fourth-order valence-electron chi connectivity index (χ4n) is 3.88. The molecule has 0 radical (unpaired) electrons. The van der Waals surface area contributed by atoms with Gasteiger partial charge in [-0.3, -0.25) is 0 Å². The van der Waals surface area contributed by atoms with Crippen molar-refractivity contribution >= 4 is 5.70 Å². The average molecular weight is 362 g/mol. The Kier molecular flexibility index (Phi) is 5.56. The lowest BCUT2D eigenvalue weighted by Crippen LogP contribution is -2.61. The van der Waals surface area contributed by atoms with E-state index in [9.17, 15) is 9.50 Å². The van der Waals surface area contributed by atoms with Crippen LogP contribution in [0.2, 0.25) is 0 Å². The lowest BCUT2D eigenvalue weighted by atomic mass is 9.79. The Labute approximate surface area is 155 Å². The quantitative estimate of drug-likeness (QED) is 0.619. The fraction of sp³-hybridized carbons (Fsp3) is 0.500. The van der Waals surface area contributed by atoms with Gasteiger partial charge in [0.1, 0.15) is 11.6 Å². The molecule has 1 saturated heterocycles. The van der Waals surface area contributed by atoms with Gasteiger partial charge in [-0.2, -0.15) is 0 Å². The van der Waals surface area contributed by atoms with Crippen molar-refractivity contribution in [2.75, 3.05) is 7.05 Å². The van der Waals surface area contributed by atoms with Crippen molar-refractivity contribution in [1.82, 2.24) is 10.2 Å². The molecule has 1 fully saturated rings. The van der Waals surface area contributed by atoms with Crippen molar-refractivity contribution in [1.29, 1.82) is 0 Å². The summed E-state index contributed by atoms with van der Waals surface area (Å²) in [6, 6.07) is 4.04. The Hall–Kier alpha value is -2.21. The van der Waals surface area contributed by atoms with Crippen LogP contribution in [0.1, 0.15) is 46.1 Å². The Morgan fingerprint density at radius 3 is 2.31 bits per heavy atom. The van der Waals surface area contributed by atoms with Gasteiger partial charge in [-0.15, -0.1) is 0 Å². The highest BCUT2D eigenvalue weighted by molar-refractivity contribution is 5.69. The van der Waals surface area contributed by atoms with E-state index in [0.29, 0.717) is 23.1 Å². The molecule has 1 aliphatic rings. The molecular formula is C20H31FN4O. The summed E-state index contributed by atoms with van der Waals surface area (Å²) in [6.07, 6.45) is 5.30. The van der Waals surface area contributed by atoms with Gasteiger partial charge in [-0.1, -0.05) is 0 Å². The first-order valence-electron chi connectivity index (χ1n) is 8.84. The Balaban J connectivity index is 2.17. The third kappa shape index (κ3) is 4.91. The van der Waals surface area contributed by atoms with E-state index in [1.165, 1.54) is 12.1 Å². The fourth-order valence-corrected chi connectivity index (χ4v) is 3.88. The van der Waals surface area contributed by atoms with Crippen molar-refractivity contribution in [2.45, 2.75) is 57.7 Å². The van der Waals surface area contributed by atoms with Crippen molar-refractivity contribution < 1.29 is 9.50 Å². The highest BCUT2D eigenvalue weighted by atomic mass is 19.1. The number of halogens is 1. The number of aromatic hydroxyl groups is 1. The predicted molar refractivity (Wildman–Crippen MR) is 105 cm³/mol. The first kappa shape index (κ1) is 20.1. The predicted octanol–water partition coefficient (Wildman–Crippen LogP) is 2.87. The molecule has 5 nitrogen and oxygen atoms in total. The minimum atomic E-state index is -0.509. The van der Waals surface area contributed by atoms with Crippen LogP contribution in [0.25, 0.3) is 5.70 Å². The molecule has 0 saturated carbocycles. The number of phenols is 1. The summed E-state index contributed by atoms with van der Waals surface area (Å²) < 4.78 is 13.1. The zero-order valence-corrected chi connectivity index (χ0v) is 16.3. The summed E-state index contributed by atoms with van der Waals surface area (Å²) in [5, 5.41) is 13.5. The van der Waals surface area contributed by atoms with E-state index in [2.05, 4.69) is 37.9 Å². The molecule has 0 amide bonds. The van der Waals surface area contributed by atoms with Gasteiger partial charge in [0.05, 0.1) is 5.82 Å². The number of rotatable bonds is 4. The summed E-state index contributed by atoms with van der Waals surface area (Å²) in [5.41, 5.74) is 13.0. The van der Waals surface area contributed by atoms with Gasteiger partial charge in [0, 0.05) is 41.5 Å². The highest BCUT2D eigenvalue weighted by Crippen LogP contribution is 2.32. The van der Waals surface area contributed by atoms with Crippen LogP contribution in [0.4, 0.5) is 4.39 Å². The van der Waals surface area contributed by atoms with E-state index in [4.69, 9.17) is 11.5 Å². The Morgan fingerprint density at radius 1 is 1.19 bits per heavy atom. The van der Waals surface area contributed by atoms with Crippen molar-refractivity contribution in [2.24, 2.45) is 11.5 Å². The first-order valence-corrected chi connectivity index (χ1v) is 8.84. The third-order valence-electron chi connectivity index (χ3n) is 4.83. The molecule has 0 aliphatic carbocycles. The van der Waals surface area contributed by atoms with E-state index >= 15 is 0 Å². The summed E-state index contributed by atoms with van der Waals surface area (Å²) in [6.45, 7) is 8.79. The maximum absolute atomic E-state index is 13.1. The molecule has 1 aromatic rings. The lowest BCUT2D eigenvalue weighted by Gasteiger charge is -2.49. The first-order chi connectivity index (χ1) is 11.9. The lowest BCUT2D eigenvalue weighted by molar-refractivity contribution is 0.0981. The van der Waals surface area contributed by atoms with Crippen LogP contribution in [0.5, 0.6) is 5.75 Å². The van der Waals surface area contributed by atoms with Crippen molar-refractivity contribution in [3.63, 3.8) is 0 Å². The summed E-state index contributed by atoms with van der Waals surface area (Å²) >= 11 is 0. The monoisotopic (exact) mass is 362 g/mol. The van der Waals surface area contributed by atoms with Gasteiger partial charge >= 0.3 is 0 Å². The van der Waals surface area contributed by atoms with Crippen LogP contribution in [-0.4, -0.2) is 34.2 Å². The maximum Gasteiger partial charge on any atom is 0.127 e. The van der Waals surface area contributed by atoms with Gasteiger partial charge in [-0.25, -0.2) is 4.39 Å². The molecule has 0 atom stereocenters. The Morgan fingerprint density at radius 2 is 1.77 bits per heavy atom. The van der Waals surface area contributed by atoms with Crippen LogP contribution in [0, 0.1) is 5.82 Å². The van der Waals surface area contributed by atoms with E-state index in [1.807, 2.05) is 7.05 Å². The van der Waals surface area contributed by atoms with Gasteiger partial charge in [0.15, 0.2) is 0 Å². The van der Waals surface area contributed by atoms with Gasteiger partial charge in [0.25, 0.3) is 0 Å². The molecule has 26 heavy (non-hydrogen) atoms. The van der Waals surface area contributed by atoms with Gasteiger partial charge < -0.3 is 26.8 Å². The Bertz CT molecular complexity index is 709. The van der Waals surface area contributed by atoms with Crippen LogP contribution in [0.3, 0.4) is 0 Å². The third-order valence-corrected chi connectivity index (χ3v) is 4.83. The van der Waals surface area contributed by atoms with Gasteiger partial charge in [0.2, 0.25) is 0 Å². The number of nitrogens with one attached hydrogen (secondary N) is 1. The number of benzene rings is 1. The molecule has 0 spiro atoms. The van der Waals surface area contributed by atoms with E-state index in [1.54, 1.807) is 12.2 Å². The number of piperidine rings is 1. The van der Waals surface area contributed by atoms with E-state index in [0.717, 1.165) is 18.9 Å². The largest absolute Gasteiger partial charge is 0.507 e. The number of allylic oxidation sites excluding steroid dienone is 2. The molecule has 6 heteroatoms. The number of nitrogens with zero attached hydrogens (tertiary/aromatic N) is 1. The number of hydrogen-bond donors (Lipinski definition) is 4. The molecule has 0 unspecified atom stereocenters. The summed E-state index contributed by atoms with van der Waals surface area (Å²) in [5.74, 6) is -0.112. The second kappa shape index (κ2) is 7.19. The van der Waals surface area contributed by atoms with Gasteiger partial charge in [-0.05, 0) is 64.8 Å². The topological polar surface area (TPSA) is 87.5 Å². The molecule has 1 aliphatic heterocycles. The molecule has 2 rings (SSSR count). The molecule has 144 valence electrons. The standard InChI is InChI=1S/C20H31FN4O/c1-19(2)11-14(12-20(3,4)24-19)25(5)18(23)9-8-16(22)15-7-6-13(21)10-17(15)26/h6-10,14,24,26H,11-12,22-23H2,1-5H3/b16-8-,18-9+. The summed E-state index contributed by atoms with van der Waals surface area (Å²) in [4.78, 5) is 2.07. The number of nitrogens with two attached hydrogens (primary N) is 2. The molecule has 1 heterocycles.